The molecule has 1 aromatic carbocycles. The molecule has 0 aliphatic rings. The second-order valence-corrected chi connectivity index (χ2v) is 4.08. The van der Waals surface area contributed by atoms with E-state index in [0.29, 0.717) is 6.61 Å². The van der Waals surface area contributed by atoms with Crippen LogP contribution in [0.5, 0.6) is 0 Å². The molecule has 3 heteroatoms. The maximum Gasteiger partial charge on any atom is 0.323 e. The van der Waals surface area contributed by atoms with Gasteiger partial charge >= 0.3 is 5.97 Å². The lowest BCUT2D eigenvalue weighted by Crippen LogP contribution is -2.38. The Bertz CT molecular complexity index is 337. The van der Waals surface area contributed by atoms with Crippen LogP contribution in [0.4, 0.5) is 0 Å². The second-order valence-electron chi connectivity index (χ2n) is 4.08. The number of benzene rings is 1. The van der Waals surface area contributed by atoms with Crippen molar-refractivity contribution in [1.29, 1.82) is 0 Å². The number of likely N-dealkylation sites (N-methyl/N-ethyl adjacent to an activating group) is 1. The zero-order valence-corrected chi connectivity index (χ0v) is 10.8. The van der Waals surface area contributed by atoms with E-state index in [1.807, 2.05) is 44.0 Å². The Morgan fingerprint density at radius 3 is 2.47 bits per heavy atom. The molecule has 0 N–H and O–H groups in total. The van der Waals surface area contributed by atoms with Crippen molar-refractivity contribution in [3.63, 3.8) is 0 Å². The molecule has 17 heavy (non-hydrogen) atoms. The highest BCUT2D eigenvalue weighted by molar-refractivity contribution is 5.75. The molecular weight excluding hydrogens is 214 g/mol. The molecule has 3 nitrogen and oxygen atoms in total. The van der Waals surface area contributed by atoms with Crippen LogP contribution in [0.3, 0.4) is 0 Å². The first-order chi connectivity index (χ1) is 8.19. The summed E-state index contributed by atoms with van der Waals surface area (Å²) in [6.45, 7) is 5.04. The molecule has 0 spiro atoms. The number of carbonyl (C=O) groups is 1. The Labute approximate surface area is 103 Å². The summed E-state index contributed by atoms with van der Waals surface area (Å²) in [5, 5.41) is 0. The number of hydrogen-bond acceptors (Lipinski definition) is 3. The molecule has 0 radical (unpaired) electrons. The molecule has 0 bridgehead atoms. The van der Waals surface area contributed by atoms with E-state index in [9.17, 15) is 4.79 Å². The van der Waals surface area contributed by atoms with E-state index < -0.39 is 0 Å². The highest BCUT2D eigenvalue weighted by Gasteiger charge is 2.22. The largest absolute Gasteiger partial charge is 0.465 e. The molecule has 0 saturated heterocycles. The SMILES string of the molecule is CCOC(=O)C(CC)N(C)Cc1ccccc1. The van der Waals surface area contributed by atoms with E-state index in [2.05, 4.69) is 12.1 Å². The van der Waals surface area contributed by atoms with Crippen molar-refractivity contribution in [3.8, 4) is 0 Å². The maximum absolute atomic E-state index is 11.7. The lowest BCUT2D eigenvalue weighted by atomic mass is 10.1. The fourth-order valence-electron chi connectivity index (χ4n) is 1.88. The Morgan fingerprint density at radius 1 is 1.29 bits per heavy atom. The van der Waals surface area contributed by atoms with E-state index in [4.69, 9.17) is 4.74 Å². The standard InChI is InChI=1S/C14H21NO2/c1-4-13(14(16)17-5-2)15(3)11-12-9-7-6-8-10-12/h6-10,13H,4-5,11H2,1-3H3. The van der Waals surface area contributed by atoms with Crippen LogP contribution in [0.2, 0.25) is 0 Å². The van der Waals surface area contributed by atoms with Gasteiger partial charge in [0.05, 0.1) is 6.61 Å². The van der Waals surface area contributed by atoms with Gasteiger partial charge in [-0.1, -0.05) is 37.3 Å². The van der Waals surface area contributed by atoms with Crippen molar-refractivity contribution < 1.29 is 9.53 Å². The Morgan fingerprint density at radius 2 is 1.94 bits per heavy atom. The molecule has 0 aromatic heterocycles. The van der Waals surface area contributed by atoms with Crippen molar-refractivity contribution >= 4 is 5.97 Å². The summed E-state index contributed by atoms with van der Waals surface area (Å²) in [5.74, 6) is -0.131. The minimum atomic E-state index is -0.157. The van der Waals surface area contributed by atoms with Gasteiger partial charge in [-0.2, -0.15) is 0 Å². The van der Waals surface area contributed by atoms with E-state index >= 15 is 0 Å². The van der Waals surface area contributed by atoms with Gasteiger partial charge in [-0.25, -0.2) is 0 Å². The highest BCUT2D eigenvalue weighted by Crippen LogP contribution is 2.10. The topological polar surface area (TPSA) is 29.5 Å². The normalized spacial score (nSPS) is 12.5. The van der Waals surface area contributed by atoms with Crippen LogP contribution in [0.15, 0.2) is 30.3 Å². The average molecular weight is 235 g/mol. The smallest absolute Gasteiger partial charge is 0.323 e. The minimum absolute atomic E-state index is 0.131. The summed E-state index contributed by atoms with van der Waals surface area (Å²) < 4.78 is 5.07. The van der Waals surface area contributed by atoms with Gasteiger partial charge in [0.25, 0.3) is 0 Å². The summed E-state index contributed by atoms with van der Waals surface area (Å²) in [7, 11) is 1.96. The summed E-state index contributed by atoms with van der Waals surface area (Å²) in [4.78, 5) is 13.8. The first-order valence-electron chi connectivity index (χ1n) is 6.09. The van der Waals surface area contributed by atoms with Crippen LogP contribution in [0, 0.1) is 0 Å². The van der Waals surface area contributed by atoms with E-state index in [1.54, 1.807) is 0 Å². The van der Waals surface area contributed by atoms with Crippen molar-refractivity contribution in [2.75, 3.05) is 13.7 Å². The zero-order chi connectivity index (χ0) is 12.7. The summed E-state index contributed by atoms with van der Waals surface area (Å²) in [6, 6.07) is 9.98. The monoisotopic (exact) mass is 235 g/mol. The van der Waals surface area contributed by atoms with Gasteiger partial charge < -0.3 is 4.74 Å². The van der Waals surface area contributed by atoms with Crippen LogP contribution in [0.25, 0.3) is 0 Å². The molecule has 1 aromatic rings. The third-order valence-electron chi connectivity index (χ3n) is 2.75. The van der Waals surface area contributed by atoms with Crippen molar-refractivity contribution in [2.45, 2.75) is 32.9 Å². The Kier molecular flexibility index (Phi) is 5.70. The third kappa shape index (κ3) is 4.19. The van der Waals surface area contributed by atoms with Gasteiger partial charge in [0.1, 0.15) is 6.04 Å². The van der Waals surface area contributed by atoms with Crippen LogP contribution in [-0.2, 0) is 16.1 Å². The van der Waals surface area contributed by atoms with E-state index in [-0.39, 0.29) is 12.0 Å². The van der Waals surface area contributed by atoms with Crippen molar-refractivity contribution in [1.82, 2.24) is 4.90 Å². The van der Waals surface area contributed by atoms with Crippen LogP contribution in [-0.4, -0.2) is 30.6 Å². The van der Waals surface area contributed by atoms with Gasteiger partial charge in [0.15, 0.2) is 0 Å². The van der Waals surface area contributed by atoms with Crippen LogP contribution >= 0.6 is 0 Å². The van der Waals surface area contributed by atoms with Gasteiger partial charge in [-0.15, -0.1) is 0 Å². The lowest BCUT2D eigenvalue weighted by molar-refractivity contribution is -0.149. The Balaban J connectivity index is 2.60. The molecule has 0 fully saturated rings. The number of hydrogen-bond donors (Lipinski definition) is 0. The predicted octanol–water partition coefficient (Wildman–Crippen LogP) is 2.46. The zero-order valence-electron chi connectivity index (χ0n) is 10.8. The number of ether oxygens (including phenoxy) is 1. The van der Waals surface area contributed by atoms with E-state index in [1.165, 1.54) is 5.56 Å². The number of carbonyl (C=O) groups excluding carboxylic acids is 1. The molecule has 0 amide bonds. The van der Waals surface area contributed by atoms with Crippen molar-refractivity contribution in [2.24, 2.45) is 0 Å². The summed E-state index contributed by atoms with van der Waals surface area (Å²) in [6.07, 6.45) is 0.766. The summed E-state index contributed by atoms with van der Waals surface area (Å²) in [5.41, 5.74) is 1.21. The van der Waals surface area contributed by atoms with Crippen molar-refractivity contribution in [3.05, 3.63) is 35.9 Å². The quantitative estimate of drug-likeness (QED) is 0.709. The molecular formula is C14H21NO2. The molecule has 1 rings (SSSR count). The third-order valence-corrected chi connectivity index (χ3v) is 2.75. The van der Waals surface area contributed by atoms with Gasteiger partial charge in [0.2, 0.25) is 0 Å². The molecule has 0 saturated carbocycles. The van der Waals surface area contributed by atoms with Crippen LogP contribution in [0.1, 0.15) is 25.8 Å². The first-order valence-corrected chi connectivity index (χ1v) is 6.09. The number of rotatable bonds is 6. The maximum atomic E-state index is 11.7. The molecule has 0 aliphatic heterocycles. The predicted molar refractivity (Wildman–Crippen MR) is 68.6 cm³/mol. The van der Waals surface area contributed by atoms with Gasteiger partial charge in [-0.05, 0) is 26.0 Å². The number of esters is 1. The average Bonchev–Trinajstić information content (AvgIpc) is 2.31. The molecule has 0 heterocycles. The highest BCUT2D eigenvalue weighted by atomic mass is 16.5. The molecule has 1 atom stereocenters. The van der Waals surface area contributed by atoms with Gasteiger partial charge in [0, 0.05) is 6.54 Å². The Hall–Kier alpha value is -1.35. The molecule has 0 aliphatic carbocycles. The minimum Gasteiger partial charge on any atom is -0.465 e. The second kappa shape index (κ2) is 7.07. The molecule has 94 valence electrons. The first kappa shape index (κ1) is 13.7. The number of nitrogens with zero attached hydrogens (tertiary/aromatic N) is 1. The molecule has 1 unspecified atom stereocenters. The van der Waals surface area contributed by atoms with E-state index in [0.717, 1.165) is 13.0 Å². The fraction of sp³-hybridized carbons (Fsp3) is 0.500. The lowest BCUT2D eigenvalue weighted by Gasteiger charge is -2.25. The van der Waals surface area contributed by atoms with Gasteiger partial charge in [-0.3, -0.25) is 9.69 Å². The van der Waals surface area contributed by atoms with Crippen LogP contribution < -0.4 is 0 Å². The summed E-state index contributed by atoms with van der Waals surface area (Å²) >= 11 is 0. The fourth-order valence-corrected chi connectivity index (χ4v) is 1.88.